The molecule has 0 saturated heterocycles. The highest BCUT2D eigenvalue weighted by Gasteiger charge is 2.20. The van der Waals surface area contributed by atoms with Gasteiger partial charge in [0.25, 0.3) is 0 Å². The Morgan fingerprint density at radius 1 is 1.20 bits per heavy atom. The standard InChI is InChI=1S/C16H28NO3/c1-6-19-15(20-7-2)11-9-13-12(3)8-10-14(13)17-16(4,5)18/h15H,6-11H2,1-5H3/q-1. The van der Waals surface area contributed by atoms with Crippen molar-refractivity contribution in [1.29, 1.82) is 0 Å². The van der Waals surface area contributed by atoms with Gasteiger partial charge < -0.3 is 19.6 Å². The number of hydrogen-bond acceptors (Lipinski definition) is 4. The molecule has 0 aliphatic heterocycles. The minimum Gasteiger partial charge on any atom is -0.833 e. The van der Waals surface area contributed by atoms with E-state index in [0.717, 1.165) is 31.4 Å². The topological polar surface area (TPSA) is 53.9 Å². The van der Waals surface area contributed by atoms with E-state index in [1.165, 1.54) is 11.1 Å². The number of rotatable bonds is 8. The first-order valence-corrected chi connectivity index (χ1v) is 7.58. The van der Waals surface area contributed by atoms with E-state index in [-0.39, 0.29) is 6.29 Å². The predicted octanol–water partition coefficient (Wildman–Crippen LogP) is 2.81. The summed E-state index contributed by atoms with van der Waals surface area (Å²) in [6.07, 6.45) is 3.42. The first-order valence-electron chi connectivity index (χ1n) is 7.58. The average Bonchev–Trinajstić information content (AvgIpc) is 2.66. The summed E-state index contributed by atoms with van der Waals surface area (Å²) in [5.41, 5.74) is 2.32. The first-order chi connectivity index (χ1) is 9.37. The fourth-order valence-electron chi connectivity index (χ4n) is 2.51. The molecule has 4 nitrogen and oxygen atoms in total. The zero-order chi connectivity index (χ0) is 15.2. The quantitative estimate of drug-likeness (QED) is 0.643. The van der Waals surface area contributed by atoms with E-state index in [2.05, 4.69) is 11.9 Å². The van der Waals surface area contributed by atoms with Gasteiger partial charge >= 0.3 is 0 Å². The number of allylic oxidation sites excluding steroid dienone is 2. The second-order valence-corrected chi connectivity index (χ2v) is 5.64. The number of ether oxygens (including phenoxy) is 2. The van der Waals surface area contributed by atoms with Crippen molar-refractivity contribution >= 4 is 5.71 Å². The van der Waals surface area contributed by atoms with Gasteiger partial charge in [-0.2, -0.15) is 0 Å². The molecule has 20 heavy (non-hydrogen) atoms. The molecule has 0 fully saturated rings. The van der Waals surface area contributed by atoms with Crippen LogP contribution in [-0.4, -0.2) is 30.9 Å². The smallest absolute Gasteiger partial charge is 0.157 e. The highest BCUT2D eigenvalue weighted by Crippen LogP contribution is 2.29. The summed E-state index contributed by atoms with van der Waals surface area (Å²) < 4.78 is 11.1. The molecule has 0 amide bonds. The molecule has 1 aliphatic rings. The molecule has 0 spiro atoms. The maximum atomic E-state index is 11.8. The minimum absolute atomic E-state index is 0.160. The Hall–Kier alpha value is -0.710. The van der Waals surface area contributed by atoms with Gasteiger partial charge in [-0.15, -0.1) is 0 Å². The number of nitrogens with zero attached hydrogens (tertiary/aromatic N) is 1. The fourth-order valence-corrected chi connectivity index (χ4v) is 2.51. The summed E-state index contributed by atoms with van der Waals surface area (Å²) in [6, 6.07) is 0. The average molecular weight is 282 g/mol. The van der Waals surface area contributed by atoms with Crippen molar-refractivity contribution in [2.75, 3.05) is 13.2 Å². The Morgan fingerprint density at radius 2 is 1.80 bits per heavy atom. The summed E-state index contributed by atoms with van der Waals surface area (Å²) in [6.45, 7) is 10.6. The lowest BCUT2D eigenvalue weighted by Gasteiger charge is -2.27. The maximum Gasteiger partial charge on any atom is 0.157 e. The van der Waals surface area contributed by atoms with E-state index in [9.17, 15) is 5.11 Å². The zero-order valence-electron chi connectivity index (χ0n) is 13.5. The van der Waals surface area contributed by atoms with Gasteiger partial charge in [-0.1, -0.05) is 19.4 Å². The highest BCUT2D eigenvalue weighted by molar-refractivity contribution is 6.03. The van der Waals surface area contributed by atoms with Gasteiger partial charge in [-0.05, 0) is 51.3 Å². The normalized spacial score (nSPS) is 18.6. The summed E-state index contributed by atoms with van der Waals surface area (Å²) in [7, 11) is 0. The lowest BCUT2D eigenvalue weighted by molar-refractivity contribution is -0.462. The first kappa shape index (κ1) is 17.3. The molecule has 0 atom stereocenters. The lowest BCUT2D eigenvalue weighted by atomic mass is 10.0. The Bertz CT molecular complexity index is 360. The molecule has 0 N–H and O–H groups in total. The second kappa shape index (κ2) is 7.91. The van der Waals surface area contributed by atoms with E-state index in [1.807, 2.05) is 13.8 Å². The van der Waals surface area contributed by atoms with Crippen LogP contribution in [0.1, 0.15) is 60.3 Å². The Morgan fingerprint density at radius 3 is 2.30 bits per heavy atom. The van der Waals surface area contributed by atoms with Gasteiger partial charge in [0.1, 0.15) is 0 Å². The van der Waals surface area contributed by atoms with Crippen molar-refractivity contribution in [2.45, 2.75) is 72.3 Å². The molecule has 0 bridgehead atoms. The number of hydrogen-bond donors (Lipinski definition) is 0. The largest absolute Gasteiger partial charge is 0.833 e. The molecule has 0 aromatic carbocycles. The highest BCUT2D eigenvalue weighted by atomic mass is 16.7. The van der Waals surface area contributed by atoms with Gasteiger partial charge in [-0.25, -0.2) is 0 Å². The van der Waals surface area contributed by atoms with Crippen LogP contribution in [0.4, 0.5) is 0 Å². The molecule has 0 unspecified atom stereocenters. The molecular weight excluding hydrogens is 254 g/mol. The Balaban J connectivity index is 2.68. The summed E-state index contributed by atoms with van der Waals surface area (Å²) >= 11 is 0. The third-order valence-electron chi connectivity index (χ3n) is 3.34. The SMILES string of the molecule is CCOC(CCC1=C(C)CCC1=NC(C)(C)[O-])OCC. The predicted molar refractivity (Wildman–Crippen MR) is 79.7 cm³/mol. The molecule has 0 radical (unpaired) electrons. The van der Waals surface area contributed by atoms with Crippen LogP contribution < -0.4 is 5.11 Å². The van der Waals surface area contributed by atoms with Crippen molar-refractivity contribution in [3.8, 4) is 0 Å². The molecule has 1 aliphatic carbocycles. The molecule has 4 heteroatoms. The zero-order valence-corrected chi connectivity index (χ0v) is 13.5. The Kier molecular flexibility index (Phi) is 6.86. The minimum atomic E-state index is -1.25. The van der Waals surface area contributed by atoms with Gasteiger partial charge in [0.2, 0.25) is 0 Å². The third kappa shape index (κ3) is 5.73. The maximum absolute atomic E-state index is 11.8. The van der Waals surface area contributed by atoms with Gasteiger partial charge in [0, 0.05) is 25.3 Å². The van der Waals surface area contributed by atoms with Crippen LogP contribution in [0.15, 0.2) is 16.1 Å². The summed E-state index contributed by atoms with van der Waals surface area (Å²) in [5, 5.41) is 11.8. The van der Waals surface area contributed by atoms with Gasteiger partial charge in [0.15, 0.2) is 6.29 Å². The lowest BCUT2D eigenvalue weighted by Crippen LogP contribution is -2.35. The summed E-state index contributed by atoms with van der Waals surface area (Å²) in [5.74, 6) is 0. The van der Waals surface area contributed by atoms with E-state index < -0.39 is 5.72 Å². The van der Waals surface area contributed by atoms with Crippen LogP contribution in [0, 0.1) is 0 Å². The van der Waals surface area contributed by atoms with Crippen molar-refractivity contribution in [1.82, 2.24) is 0 Å². The Labute approximate surface area is 122 Å². The van der Waals surface area contributed by atoms with Gasteiger partial charge in [-0.3, -0.25) is 0 Å². The number of aliphatic imine (C=N–C) groups is 1. The van der Waals surface area contributed by atoms with E-state index in [0.29, 0.717) is 13.2 Å². The molecular formula is C16H28NO3-. The molecule has 116 valence electrons. The molecule has 0 heterocycles. The fraction of sp³-hybridized carbons (Fsp3) is 0.812. The monoisotopic (exact) mass is 282 g/mol. The van der Waals surface area contributed by atoms with E-state index >= 15 is 0 Å². The molecule has 0 aromatic heterocycles. The molecule has 0 saturated carbocycles. The van der Waals surface area contributed by atoms with Crippen LogP contribution in [-0.2, 0) is 9.47 Å². The van der Waals surface area contributed by atoms with Crippen LogP contribution >= 0.6 is 0 Å². The van der Waals surface area contributed by atoms with E-state index in [4.69, 9.17) is 9.47 Å². The van der Waals surface area contributed by atoms with Crippen molar-refractivity contribution in [3.63, 3.8) is 0 Å². The van der Waals surface area contributed by atoms with Crippen molar-refractivity contribution in [3.05, 3.63) is 11.1 Å². The van der Waals surface area contributed by atoms with Crippen LogP contribution in [0.2, 0.25) is 0 Å². The second-order valence-electron chi connectivity index (χ2n) is 5.64. The van der Waals surface area contributed by atoms with Crippen molar-refractivity contribution < 1.29 is 14.6 Å². The molecule has 1 rings (SSSR count). The van der Waals surface area contributed by atoms with E-state index in [1.54, 1.807) is 13.8 Å². The van der Waals surface area contributed by atoms with Crippen LogP contribution in [0.25, 0.3) is 0 Å². The van der Waals surface area contributed by atoms with Crippen LogP contribution in [0.3, 0.4) is 0 Å². The molecule has 0 aromatic rings. The third-order valence-corrected chi connectivity index (χ3v) is 3.34. The van der Waals surface area contributed by atoms with Crippen molar-refractivity contribution in [2.24, 2.45) is 4.99 Å². The van der Waals surface area contributed by atoms with Crippen LogP contribution in [0.5, 0.6) is 0 Å². The van der Waals surface area contributed by atoms with Gasteiger partial charge in [0.05, 0.1) is 0 Å². The summed E-state index contributed by atoms with van der Waals surface area (Å²) in [4.78, 5) is 4.33.